The van der Waals surface area contributed by atoms with Crippen LogP contribution in [-0.4, -0.2) is 27.1 Å². The fourth-order valence-electron chi connectivity index (χ4n) is 1.99. The minimum absolute atomic E-state index is 0.0722. The van der Waals surface area contributed by atoms with Crippen molar-refractivity contribution in [1.82, 2.24) is 9.78 Å². The normalized spacial score (nSPS) is 21.2. The molecule has 2 rings (SSSR count). The Morgan fingerprint density at radius 2 is 2.41 bits per heavy atom. The molecule has 17 heavy (non-hydrogen) atoms. The molecule has 0 radical (unpaired) electrons. The van der Waals surface area contributed by atoms with Gasteiger partial charge in [-0.2, -0.15) is 5.10 Å². The molecule has 0 amide bonds. The number of carbonyl (C=O) groups is 1. The van der Waals surface area contributed by atoms with E-state index in [1.807, 2.05) is 0 Å². The summed E-state index contributed by atoms with van der Waals surface area (Å²) in [5.41, 5.74) is 0.275. The van der Waals surface area contributed by atoms with E-state index in [1.54, 1.807) is 7.05 Å². The van der Waals surface area contributed by atoms with Crippen molar-refractivity contribution in [2.45, 2.75) is 25.4 Å². The topological polar surface area (TPSA) is 87.3 Å². The molecular weight excluding hydrogens is 226 g/mol. The molecule has 0 aromatic carbocycles. The molecule has 1 aromatic heterocycles. The zero-order chi connectivity index (χ0) is 12.4. The predicted molar refractivity (Wildman–Crippen MR) is 57.4 cm³/mol. The van der Waals surface area contributed by atoms with Crippen molar-refractivity contribution in [1.29, 1.82) is 0 Å². The van der Waals surface area contributed by atoms with Crippen LogP contribution >= 0.6 is 0 Å². The predicted octanol–water partition coefficient (Wildman–Crippen LogP) is 1.14. The number of nitrogens with zero attached hydrogens (tertiary/aromatic N) is 3. The molecule has 0 aliphatic carbocycles. The van der Waals surface area contributed by atoms with Gasteiger partial charge in [-0.05, 0) is 6.42 Å². The number of carbonyl (C=O) groups excluding carboxylic acids is 1. The number of Topliss-reactive ketones (excluding diaryl/α,β-unsaturated/α-hetero) is 1. The van der Waals surface area contributed by atoms with E-state index < -0.39 is 11.0 Å². The Morgan fingerprint density at radius 3 is 3.12 bits per heavy atom. The van der Waals surface area contributed by atoms with E-state index in [0.717, 1.165) is 0 Å². The first-order valence-electron chi connectivity index (χ1n) is 5.39. The molecule has 0 unspecified atom stereocenters. The first-order valence-corrected chi connectivity index (χ1v) is 5.39. The van der Waals surface area contributed by atoms with E-state index in [0.29, 0.717) is 25.1 Å². The summed E-state index contributed by atoms with van der Waals surface area (Å²) in [5, 5.41) is 14.7. The minimum atomic E-state index is -0.558. The summed E-state index contributed by atoms with van der Waals surface area (Å²) in [7, 11) is 1.61. The monoisotopic (exact) mass is 239 g/mol. The molecule has 1 aliphatic rings. The highest BCUT2D eigenvalue weighted by molar-refractivity contribution is 5.79. The van der Waals surface area contributed by atoms with Crippen molar-refractivity contribution in [2.75, 3.05) is 6.61 Å². The van der Waals surface area contributed by atoms with Gasteiger partial charge in [-0.25, -0.2) is 0 Å². The Bertz CT molecular complexity index is 454. The molecule has 7 heteroatoms. The number of ether oxygens (including phenoxy) is 1. The minimum Gasteiger partial charge on any atom is -0.371 e. The lowest BCUT2D eigenvalue weighted by Crippen LogP contribution is -2.12. The van der Waals surface area contributed by atoms with Crippen molar-refractivity contribution in [3.8, 4) is 0 Å². The van der Waals surface area contributed by atoms with Gasteiger partial charge in [0.15, 0.2) is 0 Å². The molecule has 7 nitrogen and oxygen atoms in total. The van der Waals surface area contributed by atoms with Gasteiger partial charge in [0.2, 0.25) is 0 Å². The van der Waals surface area contributed by atoms with Crippen molar-refractivity contribution in [2.24, 2.45) is 7.05 Å². The SMILES string of the molecule is Cn1ncc([N+](=O)[O-])c1[C@@H]1CC(=O)CCCO1. The lowest BCUT2D eigenvalue weighted by atomic mass is 10.1. The van der Waals surface area contributed by atoms with Gasteiger partial charge >= 0.3 is 5.69 Å². The highest BCUT2D eigenvalue weighted by Gasteiger charge is 2.30. The summed E-state index contributed by atoms with van der Waals surface area (Å²) >= 11 is 0. The Kier molecular flexibility index (Phi) is 3.19. The number of aromatic nitrogens is 2. The zero-order valence-corrected chi connectivity index (χ0v) is 9.46. The van der Waals surface area contributed by atoms with Crippen molar-refractivity contribution < 1.29 is 14.5 Å². The lowest BCUT2D eigenvalue weighted by Gasteiger charge is -2.13. The number of ketones is 1. The second-order valence-corrected chi connectivity index (χ2v) is 4.00. The molecule has 0 N–H and O–H groups in total. The molecule has 1 atom stereocenters. The van der Waals surface area contributed by atoms with Crippen LogP contribution in [0.15, 0.2) is 6.20 Å². The molecular formula is C10H13N3O4. The van der Waals surface area contributed by atoms with Crippen LogP contribution in [0.5, 0.6) is 0 Å². The van der Waals surface area contributed by atoms with Gasteiger partial charge < -0.3 is 4.74 Å². The molecule has 1 fully saturated rings. The van der Waals surface area contributed by atoms with E-state index in [2.05, 4.69) is 5.10 Å². The molecule has 92 valence electrons. The highest BCUT2D eigenvalue weighted by atomic mass is 16.6. The number of rotatable bonds is 2. The quantitative estimate of drug-likeness (QED) is 0.570. The third-order valence-corrected chi connectivity index (χ3v) is 2.80. The van der Waals surface area contributed by atoms with Gasteiger partial charge in [0.05, 0.1) is 4.92 Å². The maximum Gasteiger partial charge on any atom is 0.312 e. The zero-order valence-electron chi connectivity index (χ0n) is 9.46. The largest absolute Gasteiger partial charge is 0.371 e. The van der Waals surface area contributed by atoms with E-state index in [4.69, 9.17) is 4.74 Å². The summed E-state index contributed by atoms with van der Waals surface area (Å²) in [6.07, 6.45) is 1.95. The standard InChI is InChI=1S/C10H13N3O4/c1-12-10(8(6-11-12)13(15)16)9-5-7(14)3-2-4-17-9/h6,9H,2-5H2,1H3/t9-/m0/s1. The summed E-state index contributed by atoms with van der Waals surface area (Å²) in [6.45, 7) is 0.443. The van der Waals surface area contributed by atoms with Crippen molar-refractivity contribution in [3.63, 3.8) is 0 Å². The molecule has 1 saturated heterocycles. The number of aryl methyl sites for hydroxylation is 1. The van der Waals surface area contributed by atoms with Gasteiger partial charge in [-0.3, -0.25) is 19.6 Å². The summed E-state index contributed by atoms with van der Waals surface area (Å²) < 4.78 is 6.91. The molecule has 1 aromatic rings. The van der Waals surface area contributed by atoms with E-state index in [1.165, 1.54) is 10.9 Å². The van der Waals surface area contributed by atoms with Gasteiger partial charge in [0.1, 0.15) is 23.8 Å². The van der Waals surface area contributed by atoms with Crippen LogP contribution in [0, 0.1) is 10.1 Å². The maximum atomic E-state index is 11.5. The van der Waals surface area contributed by atoms with Crippen LogP contribution in [0.3, 0.4) is 0 Å². The number of hydrogen-bond donors (Lipinski definition) is 0. The molecule has 0 saturated carbocycles. The van der Waals surface area contributed by atoms with Crippen molar-refractivity contribution in [3.05, 3.63) is 22.0 Å². The second kappa shape index (κ2) is 4.62. The van der Waals surface area contributed by atoms with E-state index in [9.17, 15) is 14.9 Å². The van der Waals surface area contributed by atoms with Gasteiger partial charge in [0.25, 0.3) is 0 Å². The maximum absolute atomic E-state index is 11.5. The Morgan fingerprint density at radius 1 is 1.65 bits per heavy atom. The van der Waals surface area contributed by atoms with E-state index >= 15 is 0 Å². The van der Waals surface area contributed by atoms with Crippen LogP contribution in [0.25, 0.3) is 0 Å². The van der Waals surface area contributed by atoms with Gasteiger partial charge in [-0.1, -0.05) is 0 Å². The number of nitro groups is 1. The van der Waals surface area contributed by atoms with Crippen LogP contribution in [0.4, 0.5) is 5.69 Å². The molecule has 0 spiro atoms. The second-order valence-electron chi connectivity index (χ2n) is 4.00. The van der Waals surface area contributed by atoms with Gasteiger partial charge in [-0.15, -0.1) is 0 Å². The summed E-state index contributed by atoms with van der Waals surface area (Å²) in [6, 6.07) is 0. The van der Waals surface area contributed by atoms with Crippen molar-refractivity contribution >= 4 is 11.5 Å². The highest BCUT2D eigenvalue weighted by Crippen LogP contribution is 2.31. The van der Waals surface area contributed by atoms with Crippen LogP contribution in [0.1, 0.15) is 31.1 Å². The first-order chi connectivity index (χ1) is 8.09. The Hall–Kier alpha value is -1.76. The Balaban J connectivity index is 2.34. The van der Waals surface area contributed by atoms with Crippen LogP contribution in [-0.2, 0) is 16.6 Å². The first kappa shape index (κ1) is 11.7. The fourth-order valence-corrected chi connectivity index (χ4v) is 1.99. The third-order valence-electron chi connectivity index (χ3n) is 2.80. The van der Waals surface area contributed by atoms with E-state index in [-0.39, 0.29) is 17.9 Å². The molecule has 1 aliphatic heterocycles. The lowest BCUT2D eigenvalue weighted by molar-refractivity contribution is -0.386. The average molecular weight is 239 g/mol. The van der Waals surface area contributed by atoms with Crippen LogP contribution in [0.2, 0.25) is 0 Å². The molecule has 2 heterocycles. The smallest absolute Gasteiger partial charge is 0.312 e. The van der Waals surface area contributed by atoms with Gasteiger partial charge in [0, 0.05) is 26.5 Å². The van der Waals surface area contributed by atoms with Crippen LogP contribution < -0.4 is 0 Å². The summed E-state index contributed by atoms with van der Waals surface area (Å²) in [4.78, 5) is 21.9. The fraction of sp³-hybridized carbons (Fsp3) is 0.600. The third kappa shape index (κ3) is 2.33. The summed E-state index contributed by atoms with van der Waals surface area (Å²) in [5.74, 6) is 0.0722. The number of hydrogen-bond acceptors (Lipinski definition) is 5. The molecule has 0 bridgehead atoms. The Labute approximate surface area is 97.5 Å². The average Bonchev–Trinajstić information content (AvgIpc) is 2.52.